The molecule has 0 aliphatic rings. The highest BCUT2D eigenvalue weighted by molar-refractivity contribution is 6.30. The Morgan fingerprint density at radius 1 is 1.00 bits per heavy atom. The van der Waals surface area contributed by atoms with Gasteiger partial charge >= 0.3 is 5.69 Å². The van der Waals surface area contributed by atoms with Gasteiger partial charge in [-0.1, -0.05) is 23.7 Å². The maximum atomic E-state index is 12.3. The molecule has 0 fully saturated rings. The van der Waals surface area contributed by atoms with E-state index >= 15 is 0 Å². The number of halogens is 1. The van der Waals surface area contributed by atoms with Gasteiger partial charge in [0.05, 0.1) is 5.52 Å². The van der Waals surface area contributed by atoms with E-state index in [-0.39, 0.29) is 11.2 Å². The molecule has 0 atom stereocenters. The molecule has 23 heavy (non-hydrogen) atoms. The minimum Gasteiger partial charge on any atom is -0.474 e. The molecule has 0 spiro atoms. The zero-order valence-corrected chi connectivity index (χ0v) is 13.8. The van der Waals surface area contributed by atoms with E-state index < -0.39 is 0 Å². The second-order valence-electron chi connectivity index (χ2n) is 5.40. The maximum Gasteiger partial charge on any atom is 0.331 e. The lowest BCUT2D eigenvalue weighted by Crippen LogP contribution is -2.37. The molecule has 0 unspecified atom stereocenters. The van der Waals surface area contributed by atoms with Crippen LogP contribution in [0.15, 0.2) is 39.9 Å². The van der Waals surface area contributed by atoms with Gasteiger partial charge in [-0.2, -0.15) is 0 Å². The van der Waals surface area contributed by atoms with Gasteiger partial charge in [0.15, 0.2) is 5.88 Å². The lowest BCUT2D eigenvalue weighted by molar-refractivity contribution is 0.285. The molecule has 0 aliphatic carbocycles. The number of ether oxygens (including phenoxy) is 1. The fourth-order valence-electron chi connectivity index (χ4n) is 2.52. The summed E-state index contributed by atoms with van der Waals surface area (Å²) < 4.78 is 9.98. The molecule has 0 saturated carbocycles. The topological polar surface area (TPSA) is 58.2 Å². The number of aryl methyl sites for hydroxylation is 2. The third-order valence-electron chi connectivity index (χ3n) is 3.91. The van der Waals surface area contributed by atoms with Crippen molar-refractivity contribution in [3.8, 4) is 5.88 Å². The third-order valence-corrected chi connectivity index (χ3v) is 4.16. The second-order valence-corrected chi connectivity index (χ2v) is 5.83. The predicted molar refractivity (Wildman–Crippen MR) is 89.2 cm³/mol. The fraction of sp³-hybridized carbons (Fsp3) is 0.250. The average molecular weight is 334 g/mol. The van der Waals surface area contributed by atoms with Crippen molar-refractivity contribution in [3.05, 3.63) is 61.8 Å². The summed E-state index contributed by atoms with van der Waals surface area (Å²) in [6.45, 7) is 0.343. The van der Waals surface area contributed by atoms with Gasteiger partial charge in [-0.25, -0.2) is 4.79 Å². The van der Waals surface area contributed by atoms with Crippen molar-refractivity contribution >= 4 is 22.6 Å². The molecule has 0 bridgehead atoms. The first kappa shape index (κ1) is 15.4. The molecular weight excluding hydrogens is 318 g/mol. The number of aromatic nitrogens is 3. The van der Waals surface area contributed by atoms with E-state index in [0.717, 1.165) is 10.1 Å². The van der Waals surface area contributed by atoms with E-state index in [4.69, 9.17) is 16.3 Å². The monoisotopic (exact) mass is 333 g/mol. The smallest absolute Gasteiger partial charge is 0.331 e. The molecular formula is C16H16ClN3O3. The lowest BCUT2D eigenvalue weighted by atomic mass is 10.2. The number of hydrogen-bond acceptors (Lipinski definition) is 3. The van der Waals surface area contributed by atoms with Crippen molar-refractivity contribution in [1.82, 2.24) is 13.7 Å². The molecule has 0 saturated heterocycles. The van der Waals surface area contributed by atoms with E-state index in [2.05, 4.69) is 0 Å². The van der Waals surface area contributed by atoms with E-state index in [0.29, 0.717) is 28.5 Å². The highest BCUT2D eigenvalue weighted by Gasteiger charge is 2.15. The van der Waals surface area contributed by atoms with E-state index in [1.165, 1.54) is 11.6 Å². The minimum absolute atomic E-state index is 0.341. The third kappa shape index (κ3) is 2.55. The van der Waals surface area contributed by atoms with Crippen molar-refractivity contribution in [2.75, 3.05) is 0 Å². The summed E-state index contributed by atoms with van der Waals surface area (Å²) >= 11 is 5.86. The highest BCUT2D eigenvalue weighted by Crippen LogP contribution is 2.21. The Balaban J connectivity index is 2.02. The SMILES string of the molecule is Cn1c(=O)c2c(cc(OCc3ccc(Cl)cc3)n2C)n(C)c1=O. The normalized spacial score (nSPS) is 11.1. The van der Waals surface area contributed by atoms with Crippen LogP contribution in [0, 0.1) is 0 Å². The average Bonchev–Trinajstić information content (AvgIpc) is 2.87. The first-order chi connectivity index (χ1) is 10.9. The van der Waals surface area contributed by atoms with Gasteiger partial charge in [0.1, 0.15) is 12.1 Å². The van der Waals surface area contributed by atoms with Crippen LogP contribution >= 0.6 is 11.6 Å². The Hall–Kier alpha value is -2.47. The van der Waals surface area contributed by atoms with Crippen LogP contribution in [-0.4, -0.2) is 13.7 Å². The summed E-state index contributed by atoms with van der Waals surface area (Å²) in [4.78, 5) is 24.3. The van der Waals surface area contributed by atoms with Gasteiger partial charge in [0, 0.05) is 32.2 Å². The summed E-state index contributed by atoms with van der Waals surface area (Å²) in [5.41, 5.74) is 1.23. The molecule has 0 radical (unpaired) electrons. The van der Waals surface area contributed by atoms with Gasteiger partial charge < -0.3 is 9.30 Å². The van der Waals surface area contributed by atoms with Gasteiger partial charge in [-0.15, -0.1) is 0 Å². The number of hydrogen-bond donors (Lipinski definition) is 0. The molecule has 7 heteroatoms. The Morgan fingerprint density at radius 2 is 1.65 bits per heavy atom. The van der Waals surface area contributed by atoms with Crippen LogP contribution in [0.3, 0.4) is 0 Å². The molecule has 0 amide bonds. The van der Waals surface area contributed by atoms with Crippen molar-refractivity contribution < 1.29 is 4.74 Å². The van der Waals surface area contributed by atoms with Crippen LogP contribution in [0.1, 0.15) is 5.56 Å². The summed E-state index contributed by atoms with van der Waals surface area (Å²) in [6.07, 6.45) is 0. The molecule has 2 heterocycles. The van der Waals surface area contributed by atoms with Crippen molar-refractivity contribution in [3.63, 3.8) is 0 Å². The van der Waals surface area contributed by atoms with E-state index in [1.54, 1.807) is 36.9 Å². The van der Waals surface area contributed by atoms with Gasteiger partial charge in [0.2, 0.25) is 0 Å². The van der Waals surface area contributed by atoms with E-state index in [9.17, 15) is 9.59 Å². The summed E-state index contributed by atoms with van der Waals surface area (Å²) in [5, 5.41) is 0.664. The van der Waals surface area contributed by atoms with Gasteiger partial charge in [-0.05, 0) is 17.7 Å². The molecule has 0 N–H and O–H groups in total. The van der Waals surface area contributed by atoms with E-state index in [1.807, 2.05) is 12.1 Å². The summed E-state index contributed by atoms with van der Waals surface area (Å²) in [7, 11) is 4.84. The molecule has 3 aromatic rings. The van der Waals surface area contributed by atoms with Crippen LogP contribution in [-0.2, 0) is 27.7 Å². The fourth-order valence-corrected chi connectivity index (χ4v) is 2.65. The molecule has 0 aliphatic heterocycles. The molecule has 1 aromatic carbocycles. The number of rotatable bonds is 3. The van der Waals surface area contributed by atoms with Crippen molar-refractivity contribution in [2.24, 2.45) is 21.1 Å². The predicted octanol–water partition coefficient (Wildman–Crippen LogP) is 1.81. The molecule has 120 valence electrons. The number of nitrogens with zero attached hydrogens (tertiary/aromatic N) is 3. The first-order valence-corrected chi connectivity index (χ1v) is 7.40. The van der Waals surface area contributed by atoms with Crippen LogP contribution in [0.4, 0.5) is 0 Å². The van der Waals surface area contributed by atoms with Gasteiger partial charge in [-0.3, -0.25) is 13.9 Å². The number of benzene rings is 1. The Bertz CT molecular complexity index is 997. The van der Waals surface area contributed by atoms with Crippen LogP contribution in [0.2, 0.25) is 5.02 Å². The summed E-state index contributed by atoms with van der Waals surface area (Å²) in [5.74, 6) is 0.522. The Labute approximate surface area is 137 Å². The minimum atomic E-state index is -0.364. The van der Waals surface area contributed by atoms with Crippen LogP contribution < -0.4 is 16.0 Å². The zero-order valence-electron chi connectivity index (χ0n) is 13.0. The zero-order chi connectivity index (χ0) is 16.7. The van der Waals surface area contributed by atoms with Gasteiger partial charge in [0.25, 0.3) is 5.56 Å². The Morgan fingerprint density at radius 3 is 2.30 bits per heavy atom. The van der Waals surface area contributed by atoms with Crippen LogP contribution in [0.5, 0.6) is 5.88 Å². The Kier molecular flexibility index (Phi) is 3.77. The molecule has 2 aromatic heterocycles. The molecule has 6 nitrogen and oxygen atoms in total. The summed E-state index contributed by atoms with van der Waals surface area (Å²) in [6, 6.07) is 9.04. The maximum absolute atomic E-state index is 12.3. The largest absolute Gasteiger partial charge is 0.474 e. The highest BCUT2D eigenvalue weighted by atomic mass is 35.5. The van der Waals surface area contributed by atoms with Crippen molar-refractivity contribution in [2.45, 2.75) is 6.61 Å². The first-order valence-electron chi connectivity index (χ1n) is 7.03. The number of fused-ring (bicyclic) bond motifs is 1. The second kappa shape index (κ2) is 5.62. The van der Waals surface area contributed by atoms with Crippen LogP contribution in [0.25, 0.3) is 11.0 Å². The van der Waals surface area contributed by atoms with Crippen molar-refractivity contribution in [1.29, 1.82) is 0 Å². The lowest BCUT2D eigenvalue weighted by Gasteiger charge is -2.07. The molecule has 3 rings (SSSR count). The quantitative estimate of drug-likeness (QED) is 0.734. The standard InChI is InChI=1S/C16H16ClN3O3/c1-18-12-8-13(23-9-10-4-6-11(17)7-5-10)19(2)14(12)15(21)20(3)16(18)22/h4-8H,9H2,1-3H3.